The Morgan fingerprint density at radius 2 is 1.75 bits per heavy atom. The Morgan fingerprint density at radius 3 is 2.17 bits per heavy atom. The summed E-state index contributed by atoms with van der Waals surface area (Å²) in [5.74, 6) is 0. The van der Waals surface area contributed by atoms with Gasteiger partial charge in [-0.2, -0.15) is 0 Å². The van der Waals surface area contributed by atoms with Crippen molar-refractivity contribution < 1.29 is 12.3 Å². The van der Waals surface area contributed by atoms with Crippen LogP contribution in [0.3, 0.4) is 0 Å². The van der Waals surface area contributed by atoms with E-state index in [4.69, 9.17) is 12.3 Å². The first kappa shape index (κ1) is 12.7. The molecule has 0 spiro atoms. The summed E-state index contributed by atoms with van der Waals surface area (Å²) in [5, 5.41) is 0. The predicted molar refractivity (Wildman–Crippen MR) is 62.6 cm³/mol. The molecule has 0 saturated carbocycles. The third-order valence-corrected chi connectivity index (χ3v) is 12.1. The van der Waals surface area contributed by atoms with E-state index >= 15 is 0 Å². The summed E-state index contributed by atoms with van der Waals surface area (Å²) in [6.45, 7) is 10.6. The van der Waals surface area contributed by atoms with Crippen LogP contribution < -0.4 is 0 Å². The van der Waals surface area contributed by atoms with Crippen LogP contribution in [-0.2, 0) is 12.3 Å². The average Bonchev–Trinajstić information content (AvgIpc) is 1.85. The molecule has 0 amide bonds. The quantitative estimate of drug-likeness (QED) is 0.605. The molecule has 0 aromatic carbocycles. The maximum Gasteiger partial charge on any atom is 0.312 e. The monoisotopic (exact) mass is 240 g/mol. The predicted octanol–water partition coefficient (Wildman–Crippen LogP) is -0.148. The highest BCUT2D eigenvalue weighted by Gasteiger charge is 2.26. The Balaban J connectivity index is 3.70. The van der Waals surface area contributed by atoms with E-state index in [1.807, 2.05) is 0 Å². The van der Waals surface area contributed by atoms with Gasteiger partial charge < -0.3 is 12.3 Å². The van der Waals surface area contributed by atoms with Crippen molar-refractivity contribution in [2.75, 3.05) is 0 Å². The van der Waals surface area contributed by atoms with Crippen molar-refractivity contribution in [3.8, 4) is 0 Å². The molecule has 3 nitrogen and oxygen atoms in total. The van der Waals surface area contributed by atoms with E-state index in [0.717, 1.165) is 0 Å². The van der Waals surface area contributed by atoms with Gasteiger partial charge in [-0.3, -0.25) is 0 Å². The van der Waals surface area contributed by atoms with Crippen LogP contribution in [0.5, 0.6) is 0 Å². The van der Waals surface area contributed by atoms with Crippen molar-refractivity contribution in [3.63, 3.8) is 0 Å². The summed E-state index contributed by atoms with van der Waals surface area (Å²) < 4.78 is 17.0. The number of hydrogen-bond donors (Lipinski definition) is 0. The van der Waals surface area contributed by atoms with Gasteiger partial charge in [0.15, 0.2) is 0 Å². The molecule has 0 heterocycles. The molecule has 0 aliphatic heterocycles. The molecule has 0 aliphatic rings. The Bertz CT molecular complexity index is 121. The standard InChI is InChI=1S/C5H20O3Si4/c1-9-6-11(3)8-12(4,5)7-10-2/h11H,9-10H2,1-5H3. The molecule has 1 unspecified atom stereocenters. The van der Waals surface area contributed by atoms with Gasteiger partial charge in [0.2, 0.25) is 0 Å². The van der Waals surface area contributed by atoms with Crippen molar-refractivity contribution in [1.29, 1.82) is 0 Å². The van der Waals surface area contributed by atoms with Gasteiger partial charge in [0.25, 0.3) is 9.28 Å². The van der Waals surface area contributed by atoms with Crippen molar-refractivity contribution in [2.45, 2.75) is 32.7 Å². The van der Waals surface area contributed by atoms with E-state index in [-0.39, 0.29) is 19.5 Å². The van der Waals surface area contributed by atoms with Crippen molar-refractivity contribution >= 4 is 37.4 Å². The zero-order chi connectivity index (χ0) is 9.61. The van der Waals surface area contributed by atoms with Crippen LogP contribution >= 0.6 is 0 Å². The lowest BCUT2D eigenvalue weighted by Crippen LogP contribution is -2.42. The molecule has 1 atom stereocenters. The summed E-state index contributed by atoms with van der Waals surface area (Å²) in [5.41, 5.74) is 0. The van der Waals surface area contributed by atoms with Crippen molar-refractivity contribution in [3.05, 3.63) is 0 Å². The first-order valence-corrected chi connectivity index (χ1v) is 13.3. The second kappa shape index (κ2) is 6.24. The summed E-state index contributed by atoms with van der Waals surface area (Å²) in [7, 11) is -3.76. The zero-order valence-corrected chi connectivity index (χ0v) is 13.7. The maximum absolute atomic E-state index is 5.82. The molecule has 0 radical (unpaired) electrons. The molecule has 0 bridgehead atoms. The van der Waals surface area contributed by atoms with Crippen molar-refractivity contribution in [1.82, 2.24) is 0 Å². The smallest absolute Gasteiger partial charge is 0.312 e. The average molecular weight is 241 g/mol. The van der Waals surface area contributed by atoms with E-state index in [0.29, 0.717) is 0 Å². The van der Waals surface area contributed by atoms with Gasteiger partial charge in [-0.25, -0.2) is 0 Å². The molecule has 0 N–H and O–H groups in total. The maximum atomic E-state index is 5.82. The Labute approximate surface area is 82.8 Å². The van der Waals surface area contributed by atoms with E-state index < -0.39 is 17.8 Å². The normalized spacial score (nSPS) is 16.8. The fraction of sp³-hybridized carbons (Fsp3) is 1.00. The molecule has 0 aromatic heterocycles. The molecule has 12 heavy (non-hydrogen) atoms. The number of rotatable bonds is 6. The van der Waals surface area contributed by atoms with Gasteiger partial charge in [-0.1, -0.05) is 13.1 Å². The van der Waals surface area contributed by atoms with E-state index in [2.05, 4.69) is 32.7 Å². The first-order valence-electron chi connectivity index (χ1n) is 4.45. The van der Waals surface area contributed by atoms with Crippen molar-refractivity contribution in [2.24, 2.45) is 0 Å². The largest absolute Gasteiger partial charge is 0.444 e. The fourth-order valence-corrected chi connectivity index (χ4v) is 10.7. The zero-order valence-electron chi connectivity index (χ0n) is 8.72. The van der Waals surface area contributed by atoms with Crippen LogP contribution in [0.1, 0.15) is 0 Å². The van der Waals surface area contributed by atoms with Crippen LogP contribution in [0.25, 0.3) is 0 Å². The minimum Gasteiger partial charge on any atom is -0.444 e. The SMILES string of the molecule is C[SiH2]O[SiH](C)O[Si](C)(C)O[SiH2]C. The van der Waals surface area contributed by atoms with Crippen LogP contribution in [0, 0.1) is 0 Å². The van der Waals surface area contributed by atoms with E-state index in [1.165, 1.54) is 0 Å². The first-order chi connectivity index (χ1) is 5.52. The van der Waals surface area contributed by atoms with Crippen LogP contribution in [0.4, 0.5) is 0 Å². The summed E-state index contributed by atoms with van der Waals surface area (Å²) in [6, 6.07) is 0. The van der Waals surface area contributed by atoms with E-state index in [9.17, 15) is 0 Å². The molecule has 0 fully saturated rings. The molecule has 0 rings (SSSR count). The van der Waals surface area contributed by atoms with Gasteiger partial charge in [0.05, 0.1) is 0 Å². The third kappa shape index (κ3) is 6.28. The molecule has 0 saturated heterocycles. The van der Waals surface area contributed by atoms with Gasteiger partial charge in [-0.05, 0) is 19.6 Å². The molecule has 0 aromatic rings. The van der Waals surface area contributed by atoms with E-state index in [1.54, 1.807) is 0 Å². The minimum absolute atomic E-state index is 0.302. The van der Waals surface area contributed by atoms with Gasteiger partial charge in [-0.15, -0.1) is 0 Å². The summed E-state index contributed by atoms with van der Waals surface area (Å²) in [4.78, 5) is 0. The van der Waals surface area contributed by atoms with Crippen LogP contribution in [-0.4, -0.2) is 37.4 Å². The lowest BCUT2D eigenvalue weighted by Gasteiger charge is -2.26. The van der Waals surface area contributed by atoms with Gasteiger partial charge >= 0.3 is 8.56 Å². The highest BCUT2D eigenvalue weighted by atomic mass is 28.5. The molecular formula is C5H20O3Si4. The summed E-state index contributed by atoms with van der Waals surface area (Å²) >= 11 is 0. The highest BCUT2D eigenvalue weighted by Crippen LogP contribution is 2.07. The molecule has 7 heteroatoms. The second-order valence-corrected chi connectivity index (χ2v) is 11.5. The fourth-order valence-electron chi connectivity index (χ4n) is 1.05. The molecular weight excluding hydrogens is 220 g/mol. The summed E-state index contributed by atoms with van der Waals surface area (Å²) in [6.07, 6.45) is 0. The Morgan fingerprint density at radius 1 is 1.17 bits per heavy atom. The topological polar surface area (TPSA) is 27.7 Å². The van der Waals surface area contributed by atoms with Crippen LogP contribution in [0.15, 0.2) is 0 Å². The van der Waals surface area contributed by atoms with Gasteiger partial charge in [0.1, 0.15) is 19.5 Å². The minimum atomic E-state index is -1.78. The lowest BCUT2D eigenvalue weighted by atomic mass is 11.9. The van der Waals surface area contributed by atoms with Crippen LogP contribution in [0.2, 0.25) is 32.7 Å². The third-order valence-electron chi connectivity index (χ3n) is 1.34. The number of hydrogen-bond acceptors (Lipinski definition) is 3. The van der Waals surface area contributed by atoms with Gasteiger partial charge in [0, 0.05) is 0 Å². The molecule has 0 aliphatic carbocycles. The Hall–Kier alpha value is 0.748. The molecule has 74 valence electrons. The second-order valence-electron chi connectivity index (χ2n) is 2.97. The lowest BCUT2D eigenvalue weighted by molar-refractivity contribution is 0.369. The highest BCUT2D eigenvalue weighted by molar-refractivity contribution is 6.75. The Kier molecular flexibility index (Phi) is 6.63.